The molecule has 4 rings (SSSR count). The summed E-state index contributed by atoms with van der Waals surface area (Å²) in [5, 5.41) is 4.89. The molecule has 1 spiro atoms. The van der Waals surface area contributed by atoms with E-state index in [0.29, 0.717) is 30.1 Å². The van der Waals surface area contributed by atoms with E-state index in [0.717, 1.165) is 44.7 Å². The maximum Gasteiger partial charge on any atom is 0.209 e. The van der Waals surface area contributed by atoms with E-state index in [2.05, 4.69) is 36.4 Å². The van der Waals surface area contributed by atoms with Crippen molar-refractivity contribution in [3.05, 3.63) is 11.8 Å². The quantitative estimate of drug-likeness (QED) is 0.795. The summed E-state index contributed by atoms with van der Waals surface area (Å²) < 4.78 is 2.16. The van der Waals surface area contributed by atoms with Gasteiger partial charge in [-0.1, -0.05) is 0 Å². The molecule has 0 unspecified atom stereocenters. The lowest BCUT2D eigenvalue weighted by molar-refractivity contribution is -0.140. The Morgan fingerprint density at radius 1 is 1.29 bits per heavy atom. The molecule has 6 heteroatoms. The number of carbonyl (C=O) groups is 2. The second-order valence-corrected chi connectivity index (χ2v) is 8.59. The normalized spacial score (nSPS) is 25.5. The molecule has 1 amide bonds. The second-order valence-electron chi connectivity index (χ2n) is 8.59. The Bertz CT molecular complexity index is 679. The fraction of sp³-hybridized carbons (Fsp3) is 0.722. The van der Waals surface area contributed by atoms with E-state index in [4.69, 9.17) is 5.10 Å². The van der Waals surface area contributed by atoms with Crippen LogP contribution in [0.15, 0.2) is 6.07 Å². The molecule has 130 valence electrons. The zero-order valence-electron chi connectivity index (χ0n) is 14.8. The molecule has 6 nitrogen and oxygen atoms in total. The molecule has 1 saturated carbocycles. The van der Waals surface area contributed by atoms with Crippen LogP contribution in [0.2, 0.25) is 0 Å². The number of aryl methyl sites for hydroxylation is 1. The van der Waals surface area contributed by atoms with Crippen LogP contribution >= 0.6 is 0 Å². The van der Waals surface area contributed by atoms with Crippen LogP contribution in [0, 0.1) is 12.3 Å². The molecule has 3 heterocycles. The minimum Gasteiger partial charge on any atom is -0.349 e. The average Bonchev–Trinajstić information content (AvgIpc) is 2.76. The van der Waals surface area contributed by atoms with E-state index < -0.39 is 0 Å². The van der Waals surface area contributed by atoms with Crippen LogP contribution < -0.4 is 4.90 Å². The summed E-state index contributed by atoms with van der Waals surface area (Å²) in [6, 6.07) is 2.60. The predicted octanol–water partition coefficient (Wildman–Crippen LogP) is 1.93. The van der Waals surface area contributed by atoms with Gasteiger partial charge < -0.3 is 9.80 Å². The maximum atomic E-state index is 11.8. The molecule has 3 aliphatic rings. The van der Waals surface area contributed by atoms with Gasteiger partial charge in [0.25, 0.3) is 0 Å². The van der Waals surface area contributed by atoms with E-state index in [-0.39, 0.29) is 5.54 Å². The molecule has 24 heavy (non-hydrogen) atoms. The number of hydrogen-bond donors (Lipinski definition) is 0. The summed E-state index contributed by atoms with van der Waals surface area (Å²) in [6.07, 6.45) is 4.38. The first-order chi connectivity index (χ1) is 11.3. The van der Waals surface area contributed by atoms with Gasteiger partial charge in [0, 0.05) is 55.2 Å². The van der Waals surface area contributed by atoms with E-state index in [1.54, 1.807) is 0 Å². The number of rotatable bonds is 3. The molecule has 0 bridgehead atoms. The first-order valence-electron chi connectivity index (χ1n) is 8.87. The van der Waals surface area contributed by atoms with E-state index >= 15 is 0 Å². The van der Waals surface area contributed by atoms with Gasteiger partial charge >= 0.3 is 0 Å². The highest BCUT2D eigenvalue weighted by Crippen LogP contribution is 2.54. The fourth-order valence-electron chi connectivity index (χ4n) is 4.86. The number of amides is 1. The molecular weight excluding hydrogens is 304 g/mol. The Morgan fingerprint density at radius 2 is 2.00 bits per heavy atom. The fourth-order valence-corrected chi connectivity index (χ4v) is 4.86. The molecule has 1 aliphatic carbocycles. The number of aromatic nitrogens is 2. The van der Waals surface area contributed by atoms with Crippen molar-refractivity contribution in [3.63, 3.8) is 0 Å². The van der Waals surface area contributed by atoms with Gasteiger partial charge in [0.2, 0.25) is 6.41 Å². The van der Waals surface area contributed by atoms with Gasteiger partial charge in [-0.2, -0.15) is 5.10 Å². The molecule has 1 aromatic heterocycles. The highest BCUT2D eigenvalue weighted by Gasteiger charge is 2.53. The zero-order chi connectivity index (χ0) is 17.1. The zero-order valence-corrected chi connectivity index (χ0v) is 14.8. The summed E-state index contributed by atoms with van der Waals surface area (Å²) in [5.74, 6) is 1.34. The maximum absolute atomic E-state index is 11.8. The number of carbonyl (C=O) groups excluding carboxylic acids is 2. The molecule has 0 aromatic carbocycles. The smallest absolute Gasteiger partial charge is 0.209 e. The third-order valence-corrected chi connectivity index (χ3v) is 6.07. The largest absolute Gasteiger partial charge is 0.349 e. The van der Waals surface area contributed by atoms with Crippen LogP contribution in [0.1, 0.15) is 51.3 Å². The Balaban J connectivity index is 1.48. The number of nitrogens with zero attached hydrogens (tertiary/aromatic N) is 4. The van der Waals surface area contributed by atoms with Gasteiger partial charge in [-0.25, -0.2) is 0 Å². The van der Waals surface area contributed by atoms with Gasteiger partial charge in [0.05, 0.1) is 6.04 Å². The molecule has 0 radical (unpaired) electrons. The molecule has 0 atom stereocenters. The van der Waals surface area contributed by atoms with E-state index in [1.165, 1.54) is 5.69 Å². The minimum atomic E-state index is -0.166. The number of anilines is 1. The number of Topliss-reactive ketones (excluding diaryl/α,β-unsaturated/α-hetero) is 1. The van der Waals surface area contributed by atoms with Gasteiger partial charge in [0.15, 0.2) is 5.82 Å². The summed E-state index contributed by atoms with van der Waals surface area (Å²) >= 11 is 0. The summed E-state index contributed by atoms with van der Waals surface area (Å²) in [4.78, 5) is 26.7. The van der Waals surface area contributed by atoms with E-state index in [1.807, 2.05) is 4.90 Å². The van der Waals surface area contributed by atoms with Crippen molar-refractivity contribution >= 4 is 18.0 Å². The van der Waals surface area contributed by atoms with Crippen LogP contribution in [-0.4, -0.2) is 52.0 Å². The number of ketones is 1. The van der Waals surface area contributed by atoms with Crippen LogP contribution in [0.4, 0.5) is 5.82 Å². The lowest BCUT2D eigenvalue weighted by Crippen LogP contribution is -2.61. The van der Waals surface area contributed by atoms with Crippen LogP contribution in [0.5, 0.6) is 0 Å². The average molecular weight is 330 g/mol. The first kappa shape index (κ1) is 15.7. The van der Waals surface area contributed by atoms with Crippen molar-refractivity contribution in [1.82, 2.24) is 14.7 Å². The van der Waals surface area contributed by atoms with Crippen molar-refractivity contribution in [1.29, 1.82) is 0 Å². The Labute approximate surface area is 142 Å². The van der Waals surface area contributed by atoms with Crippen LogP contribution in [0.3, 0.4) is 0 Å². The number of hydrogen-bond acceptors (Lipinski definition) is 4. The highest BCUT2D eigenvalue weighted by molar-refractivity contribution is 5.82. The Kier molecular flexibility index (Phi) is 3.31. The minimum absolute atomic E-state index is 0.166. The number of piperidine rings is 1. The van der Waals surface area contributed by atoms with Crippen LogP contribution in [0.25, 0.3) is 0 Å². The molecule has 2 aliphatic heterocycles. The van der Waals surface area contributed by atoms with Crippen LogP contribution in [-0.2, 0) is 9.59 Å². The Hall–Kier alpha value is -1.85. The predicted molar refractivity (Wildman–Crippen MR) is 91.0 cm³/mol. The molecular formula is C18H26N4O2. The standard InChI is InChI=1S/C18H26N4O2/c1-13-6-16(21-5-4-15(24)9-17(21,2)3)19-22(13)14-7-18(8-14)10-20(11-18)12-23/h6,12,14H,4-5,7-11H2,1-3H3. The molecule has 2 saturated heterocycles. The summed E-state index contributed by atoms with van der Waals surface area (Å²) in [7, 11) is 0. The summed E-state index contributed by atoms with van der Waals surface area (Å²) in [6.45, 7) is 8.93. The van der Waals surface area contributed by atoms with Gasteiger partial charge in [-0.15, -0.1) is 0 Å². The first-order valence-corrected chi connectivity index (χ1v) is 8.87. The van der Waals surface area contributed by atoms with E-state index in [9.17, 15) is 9.59 Å². The van der Waals surface area contributed by atoms with Gasteiger partial charge in [0.1, 0.15) is 5.78 Å². The lowest BCUT2D eigenvalue weighted by Gasteiger charge is -2.58. The van der Waals surface area contributed by atoms with Crippen molar-refractivity contribution in [3.8, 4) is 0 Å². The molecule has 3 fully saturated rings. The Morgan fingerprint density at radius 3 is 2.62 bits per heavy atom. The van der Waals surface area contributed by atoms with Crippen molar-refractivity contribution in [2.45, 2.75) is 58.0 Å². The monoisotopic (exact) mass is 330 g/mol. The second kappa shape index (κ2) is 5.07. The SMILES string of the molecule is Cc1cc(N2CCC(=O)CC2(C)C)nn1C1CC2(C1)CN(C=O)C2. The van der Waals surface area contributed by atoms with Crippen molar-refractivity contribution in [2.24, 2.45) is 5.41 Å². The van der Waals surface area contributed by atoms with Gasteiger partial charge in [-0.05, 0) is 33.6 Å². The van der Waals surface area contributed by atoms with Crippen molar-refractivity contribution in [2.75, 3.05) is 24.5 Å². The third kappa shape index (κ3) is 2.34. The topological polar surface area (TPSA) is 58.4 Å². The summed E-state index contributed by atoms with van der Waals surface area (Å²) in [5.41, 5.74) is 1.37. The van der Waals surface area contributed by atoms with Crippen molar-refractivity contribution < 1.29 is 9.59 Å². The third-order valence-electron chi connectivity index (χ3n) is 6.07. The highest BCUT2D eigenvalue weighted by atomic mass is 16.1. The van der Waals surface area contributed by atoms with Gasteiger partial charge in [-0.3, -0.25) is 14.3 Å². The molecule has 1 aromatic rings. The lowest BCUT2D eigenvalue weighted by atomic mass is 9.61. The molecule has 0 N–H and O–H groups in total. The number of likely N-dealkylation sites (tertiary alicyclic amines) is 1.